The smallest absolute Gasteiger partial charge is 0.335 e. The van der Waals surface area contributed by atoms with Crippen LogP contribution in [-0.2, 0) is 0 Å². The Morgan fingerprint density at radius 2 is 1.92 bits per heavy atom. The third-order valence-electron chi connectivity index (χ3n) is 3.00. The van der Waals surface area contributed by atoms with E-state index in [0.29, 0.717) is 5.69 Å². The van der Waals surface area contributed by atoms with E-state index in [-0.39, 0.29) is 29.2 Å². The summed E-state index contributed by atoms with van der Waals surface area (Å²) < 4.78 is 18.7. The summed E-state index contributed by atoms with van der Waals surface area (Å²) in [5.41, 5.74) is 6.10. The van der Waals surface area contributed by atoms with E-state index in [4.69, 9.17) is 15.6 Å². The molecule has 3 rings (SSSR count). The van der Waals surface area contributed by atoms with E-state index >= 15 is 0 Å². The molecule has 2 aromatic carbocycles. The molecule has 3 aromatic rings. The molecule has 0 unspecified atom stereocenters. The van der Waals surface area contributed by atoms with Gasteiger partial charge >= 0.3 is 12.0 Å². The van der Waals surface area contributed by atoms with Gasteiger partial charge in [-0.05, 0) is 36.4 Å². The molecule has 0 atom stereocenters. The van der Waals surface area contributed by atoms with E-state index in [1.165, 1.54) is 36.4 Å². The minimum absolute atomic E-state index is 0.0534. The van der Waals surface area contributed by atoms with Crippen LogP contribution in [0.5, 0.6) is 11.8 Å². The number of benzene rings is 2. The van der Waals surface area contributed by atoms with Gasteiger partial charge in [-0.25, -0.2) is 9.18 Å². The summed E-state index contributed by atoms with van der Waals surface area (Å²) in [4.78, 5) is 22.7. The second-order valence-electron chi connectivity index (χ2n) is 4.87. The van der Waals surface area contributed by atoms with Crippen LogP contribution in [-0.4, -0.2) is 26.0 Å². The van der Waals surface area contributed by atoms with Gasteiger partial charge in [-0.15, -0.1) is 0 Å². The summed E-state index contributed by atoms with van der Waals surface area (Å²) in [5.74, 6) is -1.34. The SMILES string of the molecule is Nc1nc(Nc2cccc(F)c2)nc(Oc2cccc(C(=O)O)c2)n1. The van der Waals surface area contributed by atoms with Crippen molar-refractivity contribution in [3.63, 3.8) is 0 Å². The Balaban J connectivity index is 1.84. The van der Waals surface area contributed by atoms with Crippen molar-refractivity contribution < 1.29 is 19.0 Å². The predicted octanol–water partition coefficient (Wildman–Crippen LogP) is 2.83. The van der Waals surface area contributed by atoms with Gasteiger partial charge in [-0.2, -0.15) is 15.0 Å². The number of halogens is 1. The molecule has 1 heterocycles. The van der Waals surface area contributed by atoms with Crippen LogP contribution < -0.4 is 15.8 Å². The quantitative estimate of drug-likeness (QED) is 0.647. The molecule has 0 aliphatic heterocycles. The van der Waals surface area contributed by atoms with Crippen molar-refractivity contribution in [3.8, 4) is 11.8 Å². The Labute approximate surface area is 141 Å². The van der Waals surface area contributed by atoms with E-state index in [0.717, 1.165) is 0 Å². The van der Waals surface area contributed by atoms with Crippen LogP contribution in [0.2, 0.25) is 0 Å². The fourth-order valence-electron chi connectivity index (χ4n) is 1.97. The molecule has 0 saturated carbocycles. The third kappa shape index (κ3) is 4.16. The number of anilines is 3. The van der Waals surface area contributed by atoms with Crippen molar-refractivity contribution in [1.29, 1.82) is 0 Å². The van der Waals surface area contributed by atoms with Crippen molar-refractivity contribution >= 4 is 23.6 Å². The van der Waals surface area contributed by atoms with Gasteiger partial charge in [-0.1, -0.05) is 12.1 Å². The van der Waals surface area contributed by atoms with E-state index in [9.17, 15) is 9.18 Å². The number of aromatic carboxylic acids is 1. The Morgan fingerprint density at radius 3 is 2.68 bits per heavy atom. The summed E-state index contributed by atoms with van der Waals surface area (Å²) in [6.45, 7) is 0. The van der Waals surface area contributed by atoms with E-state index in [2.05, 4.69) is 20.3 Å². The van der Waals surface area contributed by atoms with Crippen LogP contribution in [0.25, 0.3) is 0 Å². The van der Waals surface area contributed by atoms with Gasteiger partial charge in [0.25, 0.3) is 0 Å². The molecule has 126 valence electrons. The first-order valence-electron chi connectivity index (χ1n) is 7.05. The normalized spacial score (nSPS) is 10.3. The topological polar surface area (TPSA) is 123 Å². The zero-order valence-corrected chi connectivity index (χ0v) is 12.7. The Bertz CT molecular complexity index is 935. The molecule has 1 aromatic heterocycles. The van der Waals surface area contributed by atoms with Crippen molar-refractivity contribution in [3.05, 3.63) is 59.9 Å². The molecule has 0 spiro atoms. The van der Waals surface area contributed by atoms with Gasteiger partial charge in [-0.3, -0.25) is 0 Å². The average molecular weight is 341 g/mol. The average Bonchev–Trinajstić information content (AvgIpc) is 2.54. The van der Waals surface area contributed by atoms with Gasteiger partial charge in [0, 0.05) is 5.69 Å². The van der Waals surface area contributed by atoms with E-state index in [1.807, 2.05) is 0 Å². The van der Waals surface area contributed by atoms with Crippen molar-refractivity contribution in [1.82, 2.24) is 15.0 Å². The molecule has 0 bridgehead atoms. The summed E-state index contributed by atoms with van der Waals surface area (Å²) in [6.07, 6.45) is 0. The number of hydrogen-bond donors (Lipinski definition) is 3. The molecule has 8 nitrogen and oxygen atoms in total. The molecule has 9 heteroatoms. The van der Waals surface area contributed by atoms with Crippen molar-refractivity contribution in [2.75, 3.05) is 11.1 Å². The molecule has 0 fully saturated rings. The minimum atomic E-state index is -1.09. The molecular weight excluding hydrogens is 329 g/mol. The van der Waals surface area contributed by atoms with E-state index in [1.54, 1.807) is 12.1 Å². The van der Waals surface area contributed by atoms with Crippen molar-refractivity contribution in [2.45, 2.75) is 0 Å². The number of aromatic nitrogens is 3. The summed E-state index contributed by atoms with van der Waals surface area (Å²) >= 11 is 0. The summed E-state index contributed by atoms with van der Waals surface area (Å²) in [7, 11) is 0. The number of ether oxygens (including phenoxy) is 1. The number of nitrogen functional groups attached to an aromatic ring is 1. The molecule has 25 heavy (non-hydrogen) atoms. The van der Waals surface area contributed by atoms with Crippen LogP contribution in [0, 0.1) is 5.82 Å². The third-order valence-corrected chi connectivity index (χ3v) is 3.00. The maximum Gasteiger partial charge on any atom is 0.335 e. The van der Waals surface area contributed by atoms with Gasteiger partial charge in [0.05, 0.1) is 5.56 Å². The number of nitrogens with zero attached hydrogens (tertiary/aromatic N) is 3. The fraction of sp³-hybridized carbons (Fsp3) is 0. The van der Waals surface area contributed by atoms with Gasteiger partial charge in [0.2, 0.25) is 11.9 Å². The lowest BCUT2D eigenvalue weighted by molar-refractivity contribution is 0.0696. The molecule has 0 aliphatic rings. The number of hydrogen-bond acceptors (Lipinski definition) is 7. The highest BCUT2D eigenvalue weighted by Gasteiger charge is 2.09. The first-order valence-corrected chi connectivity index (χ1v) is 7.05. The molecule has 0 saturated heterocycles. The number of nitrogens with two attached hydrogens (primary N) is 1. The summed E-state index contributed by atoms with van der Waals surface area (Å²) in [6, 6.07) is 11.4. The standard InChI is InChI=1S/C16H12FN5O3/c17-10-4-2-5-11(8-10)19-15-20-14(18)21-16(22-15)25-12-6-1-3-9(7-12)13(23)24/h1-8H,(H,23,24)(H3,18,19,20,21,22). The second kappa shape index (κ2) is 6.79. The highest BCUT2D eigenvalue weighted by atomic mass is 19.1. The lowest BCUT2D eigenvalue weighted by atomic mass is 10.2. The van der Waals surface area contributed by atoms with Crippen LogP contribution in [0.3, 0.4) is 0 Å². The molecule has 0 amide bonds. The molecule has 4 N–H and O–H groups in total. The highest BCUT2D eigenvalue weighted by molar-refractivity contribution is 5.88. The number of nitrogens with one attached hydrogen (secondary N) is 1. The molecule has 0 radical (unpaired) electrons. The monoisotopic (exact) mass is 341 g/mol. The zero-order chi connectivity index (χ0) is 17.8. The van der Waals surface area contributed by atoms with Crippen LogP contribution in [0.4, 0.5) is 22.0 Å². The van der Waals surface area contributed by atoms with E-state index < -0.39 is 11.8 Å². The second-order valence-corrected chi connectivity index (χ2v) is 4.87. The Kier molecular flexibility index (Phi) is 4.38. The van der Waals surface area contributed by atoms with Gasteiger partial charge < -0.3 is 20.9 Å². The zero-order valence-electron chi connectivity index (χ0n) is 12.7. The van der Waals surface area contributed by atoms with Crippen LogP contribution in [0.1, 0.15) is 10.4 Å². The number of rotatable bonds is 5. The lowest BCUT2D eigenvalue weighted by Gasteiger charge is -2.08. The predicted molar refractivity (Wildman–Crippen MR) is 87.4 cm³/mol. The largest absolute Gasteiger partial charge is 0.478 e. The first kappa shape index (κ1) is 16.1. The molecule has 0 aliphatic carbocycles. The fourth-order valence-corrected chi connectivity index (χ4v) is 1.97. The number of carboxylic acids is 1. The number of carboxylic acid groups (broad SMARTS) is 1. The number of carbonyl (C=O) groups is 1. The maximum absolute atomic E-state index is 13.2. The Hall–Kier alpha value is -3.75. The maximum atomic E-state index is 13.2. The van der Waals surface area contributed by atoms with Crippen molar-refractivity contribution in [2.24, 2.45) is 0 Å². The lowest BCUT2D eigenvalue weighted by Crippen LogP contribution is -2.05. The highest BCUT2D eigenvalue weighted by Crippen LogP contribution is 2.22. The minimum Gasteiger partial charge on any atom is -0.478 e. The van der Waals surface area contributed by atoms with Crippen LogP contribution >= 0.6 is 0 Å². The van der Waals surface area contributed by atoms with Crippen LogP contribution in [0.15, 0.2) is 48.5 Å². The van der Waals surface area contributed by atoms with Gasteiger partial charge in [0.1, 0.15) is 11.6 Å². The summed E-state index contributed by atoms with van der Waals surface area (Å²) in [5, 5.41) is 11.8. The Morgan fingerprint density at radius 1 is 1.12 bits per heavy atom. The van der Waals surface area contributed by atoms with Gasteiger partial charge in [0.15, 0.2) is 0 Å². The molecular formula is C16H12FN5O3. The first-order chi connectivity index (χ1) is 12.0.